The molecular formula is C16H23NO2. The molecule has 0 saturated heterocycles. The fourth-order valence-corrected chi connectivity index (χ4v) is 3.31. The van der Waals surface area contributed by atoms with Gasteiger partial charge in [-0.15, -0.1) is 0 Å². The minimum absolute atomic E-state index is 0.662. The molecule has 0 radical (unpaired) electrons. The minimum atomic E-state index is -0.780. The van der Waals surface area contributed by atoms with Crippen LogP contribution in [0.4, 0.5) is 5.69 Å². The number of hydrogen-bond acceptors (Lipinski definition) is 2. The topological polar surface area (TPSA) is 63.3 Å². The van der Waals surface area contributed by atoms with E-state index in [2.05, 4.69) is 0 Å². The third kappa shape index (κ3) is 2.46. The molecule has 1 aromatic carbocycles. The average molecular weight is 261 g/mol. The number of benzene rings is 1. The van der Waals surface area contributed by atoms with Gasteiger partial charge in [0.2, 0.25) is 0 Å². The van der Waals surface area contributed by atoms with Crippen LogP contribution in [0.2, 0.25) is 0 Å². The number of anilines is 1. The lowest BCUT2D eigenvalue weighted by molar-refractivity contribution is -0.144. The summed E-state index contributed by atoms with van der Waals surface area (Å²) >= 11 is 0. The molecule has 1 fully saturated rings. The van der Waals surface area contributed by atoms with Crippen LogP contribution in [0.15, 0.2) is 12.1 Å². The van der Waals surface area contributed by atoms with Crippen molar-refractivity contribution >= 4 is 11.7 Å². The Morgan fingerprint density at radius 1 is 1.16 bits per heavy atom. The molecule has 2 rings (SSSR count). The van der Waals surface area contributed by atoms with Gasteiger partial charge in [-0.2, -0.15) is 0 Å². The molecular weight excluding hydrogens is 238 g/mol. The Bertz CT molecular complexity index is 486. The first-order valence-electron chi connectivity index (χ1n) is 7.08. The van der Waals surface area contributed by atoms with E-state index in [1.807, 2.05) is 26.0 Å². The lowest BCUT2D eigenvalue weighted by atomic mass is 9.72. The second-order valence-corrected chi connectivity index (χ2v) is 5.84. The monoisotopic (exact) mass is 261 g/mol. The largest absolute Gasteiger partial charge is 0.481 e. The summed E-state index contributed by atoms with van der Waals surface area (Å²) in [5, 5.41) is 9.82. The van der Waals surface area contributed by atoms with Crippen LogP contribution in [-0.4, -0.2) is 11.1 Å². The van der Waals surface area contributed by atoms with Gasteiger partial charge < -0.3 is 10.8 Å². The van der Waals surface area contributed by atoms with Gasteiger partial charge in [0.15, 0.2) is 0 Å². The van der Waals surface area contributed by atoms with Crippen molar-refractivity contribution in [2.75, 3.05) is 5.73 Å². The van der Waals surface area contributed by atoms with Crippen LogP contribution < -0.4 is 5.73 Å². The van der Waals surface area contributed by atoms with Crippen molar-refractivity contribution in [2.24, 2.45) is 0 Å². The van der Waals surface area contributed by atoms with Crippen LogP contribution >= 0.6 is 0 Å². The maximum Gasteiger partial charge on any atom is 0.314 e. The first kappa shape index (κ1) is 13.9. The Balaban J connectivity index is 2.58. The molecule has 0 aliphatic heterocycles. The minimum Gasteiger partial charge on any atom is -0.481 e. The molecule has 1 aliphatic rings. The van der Waals surface area contributed by atoms with Crippen LogP contribution in [-0.2, 0) is 10.2 Å². The molecule has 19 heavy (non-hydrogen) atoms. The molecule has 3 N–H and O–H groups in total. The van der Waals surface area contributed by atoms with Gasteiger partial charge in [-0.3, -0.25) is 4.79 Å². The van der Waals surface area contributed by atoms with Crippen molar-refractivity contribution in [2.45, 2.75) is 57.8 Å². The predicted octanol–water partition coefficient (Wildman–Crippen LogP) is 3.56. The van der Waals surface area contributed by atoms with Gasteiger partial charge in [-0.25, -0.2) is 0 Å². The number of rotatable bonds is 2. The number of nitrogen functional groups attached to an aromatic ring is 1. The lowest BCUT2D eigenvalue weighted by Crippen LogP contribution is -2.36. The molecule has 0 aromatic heterocycles. The highest BCUT2D eigenvalue weighted by Gasteiger charge is 2.42. The smallest absolute Gasteiger partial charge is 0.314 e. The van der Waals surface area contributed by atoms with Gasteiger partial charge >= 0.3 is 5.97 Å². The van der Waals surface area contributed by atoms with E-state index in [-0.39, 0.29) is 0 Å². The standard InChI is InChI=1S/C16H23NO2/c1-11-9-12(2)14(17)13(10-11)16(15(18)19)7-5-3-4-6-8-16/h9-10H,3-8,17H2,1-2H3,(H,18,19). The number of carboxylic acids is 1. The highest BCUT2D eigenvalue weighted by atomic mass is 16.4. The van der Waals surface area contributed by atoms with E-state index in [4.69, 9.17) is 5.73 Å². The van der Waals surface area contributed by atoms with Crippen LogP contribution in [0.3, 0.4) is 0 Å². The lowest BCUT2D eigenvalue weighted by Gasteiger charge is -2.31. The number of hydrogen-bond donors (Lipinski definition) is 2. The molecule has 1 saturated carbocycles. The Kier molecular flexibility index (Phi) is 3.83. The van der Waals surface area contributed by atoms with Gasteiger partial charge in [-0.1, -0.05) is 43.4 Å². The quantitative estimate of drug-likeness (QED) is 0.632. The van der Waals surface area contributed by atoms with Gasteiger partial charge in [0.05, 0.1) is 5.41 Å². The molecule has 1 aliphatic carbocycles. The molecule has 0 amide bonds. The molecule has 3 nitrogen and oxygen atoms in total. The van der Waals surface area contributed by atoms with E-state index < -0.39 is 11.4 Å². The van der Waals surface area contributed by atoms with Crippen molar-refractivity contribution in [3.05, 3.63) is 28.8 Å². The number of carboxylic acid groups (broad SMARTS) is 1. The van der Waals surface area contributed by atoms with Crippen LogP contribution in [0.1, 0.15) is 55.2 Å². The summed E-state index contributed by atoms with van der Waals surface area (Å²) < 4.78 is 0. The third-order valence-corrected chi connectivity index (χ3v) is 4.41. The van der Waals surface area contributed by atoms with E-state index in [0.29, 0.717) is 18.5 Å². The maximum absolute atomic E-state index is 11.9. The molecule has 3 heteroatoms. The Labute approximate surface area is 114 Å². The summed E-state index contributed by atoms with van der Waals surface area (Å²) in [5.41, 5.74) is 8.98. The van der Waals surface area contributed by atoms with Crippen molar-refractivity contribution < 1.29 is 9.90 Å². The highest BCUT2D eigenvalue weighted by molar-refractivity contribution is 5.84. The Morgan fingerprint density at radius 3 is 2.26 bits per heavy atom. The summed E-state index contributed by atoms with van der Waals surface area (Å²) in [7, 11) is 0. The van der Waals surface area contributed by atoms with E-state index in [0.717, 1.165) is 42.4 Å². The molecule has 0 bridgehead atoms. The van der Waals surface area contributed by atoms with E-state index in [1.54, 1.807) is 0 Å². The first-order valence-corrected chi connectivity index (χ1v) is 7.08. The zero-order valence-corrected chi connectivity index (χ0v) is 11.8. The average Bonchev–Trinajstić information content (AvgIpc) is 2.60. The van der Waals surface area contributed by atoms with Gasteiger partial charge in [-0.05, 0) is 37.8 Å². The Morgan fingerprint density at radius 2 is 1.74 bits per heavy atom. The predicted molar refractivity (Wildman–Crippen MR) is 77.3 cm³/mol. The Hall–Kier alpha value is -1.51. The second kappa shape index (κ2) is 5.24. The second-order valence-electron chi connectivity index (χ2n) is 5.84. The number of carbonyl (C=O) groups is 1. The molecule has 0 unspecified atom stereocenters. The SMILES string of the molecule is Cc1cc(C)c(N)c(C2(C(=O)O)CCCCCC2)c1. The van der Waals surface area contributed by atoms with Gasteiger partial charge in [0.25, 0.3) is 0 Å². The number of aryl methyl sites for hydroxylation is 2. The summed E-state index contributed by atoms with van der Waals surface area (Å²) in [6.45, 7) is 3.96. The fraction of sp³-hybridized carbons (Fsp3) is 0.562. The van der Waals surface area contributed by atoms with Gasteiger partial charge in [0.1, 0.15) is 0 Å². The maximum atomic E-state index is 11.9. The zero-order chi connectivity index (χ0) is 14.0. The summed E-state index contributed by atoms with van der Waals surface area (Å²) in [5.74, 6) is -0.717. The normalized spacial score (nSPS) is 18.8. The molecule has 0 heterocycles. The number of aliphatic carboxylic acids is 1. The van der Waals surface area contributed by atoms with Crippen LogP contribution in [0.5, 0.6) is 0 Å². The summed E-state index contributed by atoms with van der Waals surface area (Å²) in [6, 6.07) is 3.99. The van der Waals surface area contributed by atoms with E-state index >= 15 is 0 Å². The highest BCUT2D eigenvalue weighted by Crippen LogP contribution is 2.42. The molecule has 0 spiro atoms. The molecule has 0 atom stereocenters. The van der Waals surface area contributed by atoms with Gasteiger partial charge in [0, 0.05) is 5.69 Å². The van der Waals surface area contributed by atoms with E-state index in [1.165, 1.54) is 0 Å². The molecule has 104 valence electrons. The van der Waals surface area contributed by atoms with Crippen molar-refractivity contribution in [1.82, 2.24) is 0 Å². The summed E-state index contributed by atoms with van der Waals surface area (Å²) in [6.07, 6.45) is 5.60. The van der Waals surface area contributed by atoms with Crippen molar-refractivity contribution in [1.29, 1.82) is 0 Å². The number of nitrogens with two attached hydrogens (primary N) is 1. The van der Waals surface area contributed by atoms with Crippen molar-refractivity contribution in [3.63, 3.8) is 0 Å². The first-order chi connectivity index (χ1) is 8.97. The zero-order valence-electron chi connectivity index (χ0n) is 11.8. The van der Waals surface area contributed by atoms with Crippen LogP contribution in [0, 0.1) is 13.8 Å². The molecule has 1 aromatic rings. The summed E-state index contributed by atoms with van der Waals surface area (Å²) in [4.78, 5) is 11.9. The van der Waals surface area contributed by atoms with Crippen LogP contribution in [0.25, 0.3) is 0 Å². The third-order valence-electron chi connectivity index (χ3n) is 4.41. The van der Waals surface area contributed by atoms with Crippen molar-refractivity contribution in [3.8, 4) is 0 Å². The van der Waals surface area contributed by atoms with E-state index in [9.17, 15) is 9.90 Å². The fourth-order valence-electron chi connectivity index (χ4n) is 3.31.